The van der Waals surface area contributed by atoms with Crippen molar-refractivity contribution >= 4 is 11.6 Å². The molecule has 0 spiro atoms. The van der Waals surface area contributed by atoms with E-state index in [1.807, 2.05) is 0 Å². The minimum absolute atomic E-state index is 0.337. The first-order chi connectivity index (χ1) is 11.6. The van der Waals surface area contributed by atoms with Crippen LogP contribution in [-0.2, 0) is 0 Å². The molecular weight excluding hydrogens is 332 g/mol. The van der Waals surface area contributed by atoms with Crippen LogP contribution in [0.5, 0.6) is 17.2 Å². The Morgan fingerprint density at radius 2 is 1.62 bits per heavy atom. The Hall–Kier alpha value is -2.73. The largest absolute Gasteiger partial charge is 0.497 e. The van der Waals surface area contributed by atoms with Gasteiger partial charge in [0, 0.05) is 16.7 Å². The number of benzene rings is 2. The third-order valence-electron chi connectivity index (χ3n) is 3.43. The first kappa shape index (κ1) is 16.1. The molecule has 0 bridgehead atoms. The van der Waals surface area contributed by atoms with Gasteiger partial charge in [-0.3, -0.25) is 0 Å². The van der Waals surface area contributed by atoms with Crippen molar-refractivity contribution in [3.8, 4) is 40.1 Å². The van der Waals surface area contributed by atoms with Crippen LogP contribution in [0.15, 0.2) is 40.9 Å². The molecule has 1 aromatic heterocycles. The zero-order valence-electron chi connectivity index (χ0n) is 13.4. The van der Waals surface area contributed by atoms with Gasteiger partial charge >= 0.3 is 0 Å². The van der Waals surface area contributed by atoms with Crippen LogP contribution in [0.4, 0.5) is 0 Å². The summed E-state index contributed by atoms with van der Waals surface area (Å²) in [6.07, 6.45) is 0. The van der Waals surface area contributed by atoms with Gasteiger partial charge < -0.3 is 18.7 Å². The second-order valence-electron chi connectivity index (χ2n) is 4.87. The number of methoxy groups -OCH3 is 3. The SMILES string of the molecule is COc1cc(OC)cc(-c2nc(-c3cc(Cl)ccc3OC)no2)c1. The number of rotatable bonds is 5. The van der Waals surface area contributed by atoms with Crippen molar-refractivity contribution in [1.82, 2.24) is 10.1 Å². The van der Waals surface area contributed by atoms with Gasteiger partial charge in [0.05, 0.1) is 26.9 Å². The standard InChI is InChI=1S/C17H15ClN2O4/c1-21-12-6-10(7-13(9-12)22-2)17-19-16(20-24-17)14-8-11(18)4-5-15(14)23-3/h4-9H,1-3H3. The second-order valence-corrected chi connectivity index (χ2v) is 5.31. The lowest BCUT2D eigenvalue weighted by Crippen LogP contribution is -1.90. The molecule has 2 aromatic carbocycles. The zero-order chi connectivity index (χ0) is 17.1. The van der Waals surface area contributed by atoms with E-state index in [2.05, 4.69) is 10.1 Å². The lowest BCUT2D eigenvalue weighted by atomic mass is 10.2. The van der Waals surface area contributed by atoms with Crippen LogP contribution >= 0.6 is 11.6 Å². The molecule has 0 amide bonds. The molecule has 1 heterocycles. The van der Waals surface area contributed by atoms with Gasteiger partial charge in [-0.1, -0.05) is 16.8 Å². The molecule has 0 saturated carbocycles. The van der Waals surface area contributed by atoms with Gasteiger partial charge in [-0.05, 0) is 30.3 Å². The molecule has 0 aliphatic heterocycles. The summed E-state index contributed by atoms with van der Waals surface area (Å²) in [6, 6.07) is 10.5. The molecule has 24 heavy (non-hydrogen) atoms. The highest BCUT2D eigenvalue weighted by Gasteiger charge is 2.16. The smallest absolute Gasteiger partial charge is 0.258 e. The Morgan fingerprint density at radius 1 is 0.917 bits per heavy atom. The predicted molar refractivity (Wildman–Crippen MR) is 89.8 cm³/mol. The fourth-order valence-electron chi connectivity index (χ4n) is 2.24. The maximum Gasteiger partial charge on any atom is 0.258 e. The van der Waals surface area contributed by atoms with E-state index >= 15 is 0 Å². The van der Waals surface area contributed by atoms with Crippen LogP contribution in [0.2, 0.25) is 5.02 Å². The van der Waals surface area contributed by atoms with Crippen LogP contribution in [0, 0.1) is 0 Å². The van der Waals surface area contributed by atoms with Crippen LogP contribution in [0.1, 0.15) is 0 Å². The maximum atomic E-state index is 6.05. The fourth-order valence-corrected chi connectivity index (χ4v) is 2.41. The Balaban J connectivity index is 2.04. The number of hydrogen-bond acceptors (Lipinski definition) is 6. The highest BCUT2D eigenvalue weighted by Crippen LogP contribution is 2.33. The van der Waals surface area contributed by atoms with Crippen molar-refractivity contribution in [2.24, 2.45) is 0 Å². The van der Waals surface area contributed by atoms with Gasteiger partial charge in [0.2, 0.25) is 5.82 Å². The molecule has 0 N–H and O–H groups in total. The Labute approximate surface area is 143 Å². The number of aromatic nitrogens is 2. The fraction of sp³-hybridized carbons (Fsp3) is 0.176. The summed E-state index contributed by atoms with van der Waals surface area (Å²) < 4.78 is 21.2. The molecular formula is C17H15ClN2O4. The molecule has 0 aliphatic carbocycles. The predicted octanol–water partition coefficient (Wildman–Crippen LogP) is 4.08. The Morgan fingerprint density at radius 3 is 2.25 bits per heavy atom. The lowest BCUT2D eigenvalue weighted by Gasteiger charge is -2.06. The van der Waals surface area contributed by atoms with Gasteiger partial charge in [-0.15, -0.1) is 0 Å². The summed E-state index contributed by atoms with van der Waals surface area (Å²) in [5.74, 6) is 2.58. The molecule has 0 saturated heterocycles. The third-order valence-corrected chi connectivity index (χ3v) is 3.66. The molecule has 6 nitrogen and oxygen atoms in total. The molecule has 0 radical (unpaired) electrons. The van der Waals surface area contributed by atoms with Crippen LogP contribution < -0.4 is 14.2 Å². The summed E-state index contributed by atoms with van der Waals surface area (Å²) in [5.41, 5.74) is 1.33. The van der Waals surface area contributed by atoms with Gasteiger partial charge in [-0.25, -0.2) is 0 Å². The number of nitrogens with zero attached hydrogens (tertiary/aromatic N) is 2. The van der Waals surface area contributed by atoms with Crippen LogP contribution in [-0.4, -0.2) is 31.5 Å². The van der Waals surface area contributed by atoms with Crippen LogP contribution in [0.3, 0.4) is 0 Å². The molecule has 0 unspecified atom stereocenters. The maximum absolute atomic E-state index is 6.05. The summed E-state index contributed by atoms with van der Waals surface area (Å²) >= 11 is 6.05. The molecule has 3 rings (SSSR count). The van der Waals surface area contributed by atoms with E-state index in [-0.39, 0.29) is 0 Å². The third kappa shape index (κ3) is 3.14. The first-order valence-corrected chi connectivity index (χ1v) is 7.43. The van der Waals surface area contributed by atoms with Crippen molar-refractivity contribution in [3.05, 3.63) is 41.4 Å². The molecule has 0 atom stereocenters. The first-order valence-electron chi connectivity index (χ1n) is 7.05. The van der Waals surface area contributed by atoms with E-state index in [1.165, 1.54) is 0 Å². The zero-order valence-corrected chi connectivity index (χ0v) is 14.1. The minimum atomic E-state index is 0.337. The minimum Gasteiger partial charge on any atom is -0.497 e. The number of halogens is 1. The van der Waals surface area contributed by atoms with Crippen molar-refractivity contribution in [2.75, 3.05) is 21.3 Å². The summed E-state index contributed by atoms with van der Waals surface area (Å²) in [6.45, 7) is 0. The summed E-state index contributed by atoms with van der Waals surface area (Å²) in [5, 5.41) is 4.57. The van der Waals surface area contributed by atoms with Crippen LogP contribution in [0.25, 0.3) is 22.8 Å². The van der Waals surface area contributed by atoms with Crippen molar-refractivity contribution in [2.45, 2.75) is 0 Å². The highest BCUT2D eigenvalue weighted by atomic mass is 35.5. The molecule has 7 heteroatoms. The van der Waals surface area contributed by atoms with Gasteiger partial charge in [0.15, 0.2) is 0 Å². The van der Waals surface area contributed by atoms with Crippen molar-refractivity contribution < 1.29 is 18.7 Å². The van der Waals surface area contributed by atoms with Gasteiger partial charge in [-0.2, -0.15) is 4.98 Å². The van der Waals surface area contributed by atoms with E-state index in [4.69, 9.17) is 30.3 Å². The number of ether oxygens (including phenoxy) is 3. The van der Waals surface area contributed by atoms with E-state index in [0.29, 0.717) is 45.1 Å². The molecule has 0 aliphatic rings. The van der Waals surface area contributed by atoms with Crippen molar-refractivity contribution in [1.29, 1.82) is 0 Å². The molecule has 124 valence electrons. The lowest BCUT2D eigenvalue weighted by molar-refractivity contribution is 0.393. The second kappa shape index (κ2) is 6.80. The Bertz CT molecular complexity index is 841. The van der Waals surface area contributed by atoms with Crippen molar-refractivity contribution in [3.63, 3.8) is 0 Å². The number of hydrogen-bond donors (Lipinski definition) is 0. The van der Waals surface area contributed by atoms with E-state index < -0.39 is 0 Å². The van der Waals surface area contributed by atoms with E-state index in [0.717, 1.165) is 0 Å². The average Bonchev–Trinajstić information content (AvgIpc) is 3.11. The normalized spacial score (nSPS) is 10.5. The average molecular weight is 347 g/mol. The van der Waals surface area contributed by atoms with Gasteiger partial charge in [0.25, 0.3) is 5.89 Å². The topological polar surface area (TPSA) is 66.6 Å². The van der Waals surface area contributed by atoms with Gasteiger partial charge in [0.1, 0.15) is 17.2 Å². The molecule has 0 fully saturated rings. The quantitative estimate of drug-likeness (QED) is 0.693. The van der Waals surface area contributed by atoms with E-state index in [9.17, 15) is 0 Å². The molecule has 3 aromatic rings. The monoisotopic (exact) mass is 346 g/mol. The highest BCUT2D eigenvalue weighted by molar-refractivity contribution is 6.30. The Kier molecular flexibility index (Phi) is 4.57. The summed E-state index contributed by atoms with van der Waals surface area (Å²) in [7, 11) is 4.73. The van der Waals surface area contributed by atoms with E-state index in [1.54, 1.807) is 57.7 Å². The summed E-state index contributed by atoms with van der Waals surface area (Å²) in [4.78, 5) is 4.42.